The lowest BCUT2D eigenvalue weighted by Gasteiger charge is -2.19. The van der Waals surface area contributed by atoms with E-state index in [-0.39, 0.29) is 6.10 Å². The van der Waals surface area contributed by atoms with Crippen LogP contribution in [0.1, 0.15) is 24.8 Å². The first kappa shape index (κ1) is 11.7. The lowest BCUT2D eigenvalue weighted by atomic mass is 10.1. The largest absolute Gasteiger partial charge is 0.485 e. The number of halogens is 1. The van der Waals surface area contributed by atoms with E-state index in [0.29, 0.717) is 6.54 Å². The minimum atomic E-state index is 0.216. The van der Waals surface area contributed by atoms with E-state index in [0.717, 1.165) is 22.2 Å². The second kappa shape index (κ2) is 5.51. The van der Waals surface area contributed by atoms with Gasteiger partial charge in [-0.05, 0) is 59.0 Å². The van der Waals surface area contributed by atoms with Crippen molar-refractivity contribution < 1.29 is 4.74 Å². The molecule has 3 heteroatoms. The Kier molecular flexibility index (Phi) is 4.02. The van der Waals surface area contributed by atoms with Crippen LogP contribution in [0.3, 0.4) is 0 Å². The molecule has 86 valence electrons. The second-order valence-corrected chi connectivity index (χ2v) is 4.84. The Bertz CT molecular complexity index is 390. The molecule has 0 aromatic heterocycles. The van der Waals surface area contributed by atoms with E-state index in [1.165, 1.54) is 12.8 Å². The topological polar surface area (TPSA) is 35.2 Å². The van der Waals surface area contributed by atoms with E-state index in [9.17, 15) is 0 Å². The molecule has 0 saturated heterocycles. The van der Waals surface area contributed by atoms with Crippen LogP contribution in [0.15, 0.2) is 34.8 Å². The van der Waals surface area contributed by atoms with E-state index in [1.54, 1.807) is 0 Å². The highest BCUT2D eigenvalue weighted by molar-refractivity contribution is 9.10. The molecule has 0 aliphatic heterocycles. The van der Waals surface area contributed by atoms with Gasteiger partial charge in [-0.2, -0.15) is 0 Å². The van der Waals surface area contributed by atoms with Gasteiger partial charge in [-0.25, -0.2) is 0 Å². The second-order valence-electron chi connectivity index (χ2n) is 3.98. The van der Waals surface area contributed by atoms with Crippen LogP contribution in [0.5, 0.6) is 5.75 Å². The summed E-state index contributed by atoms with van der Waals surface area (Å²) in [6.45, 7) is 0.558. The van der Waals surface area contributed by atoms with Crippen molar-refractivity contribution in [2.24, 2.45) is 5.73 Å². The molecule has 0 radical (unpaired) electrons. The highest BCUT2D eigenvalue weighted by Crippen LogP contribution is 2.28. The highest BCUT2D eigenvalue weighted by atomic mass is 79.9. The average molecular weight is 282 g/mol. The van der Waals surface area contributed by atoms with Crippen molar-refractivity contribution >= 4 is 15.9 Å². The Balaban J connectivity index is 2.09. The van der Waals surface area contributed by atoms with Gasteiger partial charge in [-0.15, -0.1) is 0 Å². The number of allylic oxidation sites excluding steroid dienone is 1. The fourth-order valence-electron chi connectivity index (χ4n) is 1.81. The van der Waals surface area contributed by atoms with Crippen molar-refractivity contribution in [3.05, 3.63) is 40.4 Å². The van der Waals surface area contributed by atoms with Gasteiger partial charge in [0.15, 0.2) is 0 Å². The summed E-state index contributed by atoms with van der Waals surface area (Å²) in [6, 6.07) is 6.00. The summed E-state index contributed by atoms with van der Waals surface area (Å²) in [5.74, 6) is 0.897. The first-order valence-corrected chi connectivity index (χ1v) is 6.40. The summed E-state index contributed by atoms with van der Waals surface area (Å²) in [5.41, 5.74) is 6.69. The molecule has 0 saturated carbocycles. The van der Waals surface area contributed by atoms with Crippen LogP contribution in [0.2, 0.25) is 0 Å². The van der Waals surface area contributed by atoms with Gasteiger partial charge >= 0.3 is 0 Å². The molecule has 1 aliphatic carbocycles. The van der Waals surface area contributed by atoms with Gasteiger partial charge in [0.1, 0.15) is 11.9 Å². The summed E-state index contributed by atoms with van der Waals surface area (Å²) in [7, 11) is 0. The third-order valence-electron chi connectivity index (χ3n) is 2.72. The van der Waals surface area contributed by atoms with Crippen LogP contribution in [0, 0.1) is 0 Å². The van der Waals surface area contributed by atoms with Crippen LogP contribution in [0.25, 0.3) is 0 Å². The monoisotopic (exact) mass is 281 g/mol. The molecule has 0 bridgehead atoms. The first-order chi connectivity index (χ1) is 7.79. The lowest BCUT2D eigenvalue weighted by molar-refractivity contribution is 0.228. The summed E-state index contributed by atoms with van der Waals surface area (Å²) >= 11 is 3.51. The van der Waals surface area contributed by atoms with Crippen LogP contribution >= 0.6 is 15.9 Å². The molecule has 0 heterocycles. The molecule has 1 atom stereocenters. The van der Waals surface area contributed by atoms with E-state index >= 15 is 0 Å². The third kappa shape index (κ3) is 2.86. The molecular weight excluding hydrogens is 266 g/mol. The molecule has 0 spiro atoms. The van der Waals surface area contributed by atoms with Gasteiger partial charge in [0.25, 0.3) is 0 Å². The van der Waals surface area contributed by atoms with Crippen LogP contribution in [-0.2, 0) is 6.54 Å². The van der Waals surface area contributed by atoms with Crippen LogP contribution in [0.4, 0.5) is 0 Å². The van der Waals surface area contributed by atoms with Gasteiger partial charge in [-0.3, -0.25) is 0 Å². The summed E-state index contributed by atoms with van der Waals surface area (Å²) < 4.78 is 6.89. The maximum atomic E-state index is 5.91. The van der Waals surface area contributed by atoms with Gasteiger partial charge in [-0.1, -0.05) is 12.1 Å². The minimum absolute atomic E-state index is 0.216. The summed E-state index contributed by atoms with van der Waals surface area (Å²) in [6.07, 6.45) is 8.03. The fourth-order valence-corrected chi connectivity index (χ4v) is 2.33. The number of hydrogen-bond donors (Lipinski definition) is 1. The summed E-state index contributed by atoms with van der Waals surface area (Å²) in [4.78, 5) is 0. The Morgan fingerprint density at radius 1 is 1.44 bits per heavy atom. The molecule has 2 nitrogen and oxygen atoms in total. The van der Waals surface area contributed by atoms with Crippen molar-refractivity contribution in [1.29, 1.82) is 0 Å². The van der Waals surface area contributed by atoms with Crippen molar-refractivity contribution in [1.82, 2.24) is 0 Å². The molecule has 1 aromatic carbocycles. The number of nitrogens with two attached hydrogens (primary N) is 1. The van der Waals surface area contributed by atoms with Gasteiger partial charge in [0.2, 0.25) is 0 Å². The molecule has 0 fully saturated rings. The number of rotatable bonds is 3. The highest BCUT2D eigenvalue weighted by Gasteiger charge is 2.11. The molecule has 1 aliphatic rings. The van der Waals surface area contributed by atoms with Gasteiger partial charge in [0, 0.05) is 6.54 Å². The Labute approximate surface area is 105 Å². The summed E-state index contributed by atoms with van der Waals surface area (Å²) in [5, 5.41) is 0. The lowest BCUT2D eigenvalue weighted by Crippen LogP contribution is -2.15. The zero-order valence-corrected chi connectivity index (χ0v) is 10.7. The standard InChI is InChI=1S/C13H16BrNO/c14-12-8-10(9-15)6-7-13(12)16-11-4-2-1-3-5-11/h2,4,6-8,11H,1,3,5,9,15H2. The normalized spacial score (nSPS) is 19.8. The Morgan fingerprint density at radius 3 is 2.94 bits per heavy atom. The van der Waals surface area contributed by atoms with Crippen LogP contribution in [-0.4, -0.2) is 6.10 Å². The van der Waals surface area contributed by atoms with Crippen molar-refractivity contribution in [3.63, 3.8) is 0 Å². The van der Waals surface area contributed by atoms with Crippen molar-refractivity contribution in [3.8, 4) is 5.75 Å². The maximum absolute atomic E-state index is 5.91. The zero-order valence-electron chi connectivity index (χ0n) is 9.16. The molecule has 2 rings (SSSR count). The molecule has 0 amide bonds. The Hall–Kier alpha value is -0.800. The molecule has 2 N–H and O–H groups in total. The Morgan fingerprint density at radius 2 is 2.31 bits per heavy atom. The average Bonchev–Trinajstić information content (AvgIpc) is 2.33. The number of hydrogen-bond acceptors (Lipinski definition) is 2. The van der Waals surface area contributed by atoms with E-state index in [2.05, 4.69) is 28.1 Å². The quantitative estimate of drug-likeness (QED) is 0.862. The van der Waals surface area contributed by atoms with Gasteiger partial charge < -0.3 is 10.5 Å². The predicted molar refractivity (Wildman–Crippen MR) is 69.4 cm³/mol. The molecule has 1 aromatic rings. The first-order valence-electron chi connectivity index (χ1n) is 5.61. The minimum Gasteiger partial charge on any atom is -0.485 e. The van der Waals surface area contributed by atoms with E-state index < -0.39 is 0 Å². The SMILES string of the molecule is NCc1ccc(OC2C=CCCC2)c(Br)c1. The van der Waals surface area contributed by atoms with E-state index in [4.69, 9.17) is 10.5 Å². The molecular formula is C13H16BrNO. The predicted octanol–water partition coefficient (Wildman–Crippen LogP) is 3.40. The fraction of sp³-hybridized carbons (Fsp3) is 0.385. The van der Waals surface area contributed by atoms with Crippen molar-refractivity contribution in [2.45, 2.75) is 31.9 Å². The smallest absolute Gasteiger partial charge is 0.134 e. The van der Waals surface area contributed by atoms with Crippen molar-refractivity contribution in [2.75, 3.05) is 0 Å². The molecule has 1 unspecified atom stereocenters. The number of ether oxygens (including phenoxy) is 1. The van der Waals surface area contributed by atoms with E-state index in [1.807, 2.05) is 18.2 Å². The third-order valence-corrected chi connectivity index (χ3v) is 3.34. The number of benzene rings is 1. The maximum Gasteiger partial charge on any atom is 0.134 e. The van der Waals surface area contributed by atoms with Crippen LogP contribution < -0.4 is 10.5 Å². The zero-order chi connectivity index (χ0) is 11.4. The molecule has 16 heavy (non-hydrogen) atoms. The van der Waals surface area contributed by atoms with Gasteiger partial charge in [0.05, 0.1) is 4.47 Å².